The maximum absolute atomic E-state index is 11.8. The monoisotopic (exact) mass is 284 g/mol. The smallest absolute Gasteiger partial charge is 0.311 e. The van der Waals surface area contributed by atoms with Gasteiger partial charge in [0.05, 0.1) is 16.9 Å². The molecule has 19 heavy (non-hydrogen) atoms. The summed E-state index contributed by atoms with van der Waals surface area (Å²) in [6.45, 7) is 5.06. The van der Waals surface area contributed by atoms with Crippen LogP contribution in [0, 0.1) is 6.92 Å². The van der Waals surface area contributed by atoms with Gasteiger partial charge in [0.2, 0.25) is 0 Å². The molecule has 0 bridgehead atoms. The first-order valence-corrected chi connectivity index (χ1v) is 7.97. The number of hydrogen-bond donors (Lipinski definition) is 1. The van der Waals surface area contributed by atoms with Gasteiger partial charge in [-0.15, -0.1) is 0 Å². The van der Waals surface area contributed by atoms with Crippen molar-refractivity contribution in [1.29, 1.82) is 0 Å². The number of carbonyl (C=O) groups is 1. The zero-order valence-corrected chi connectivity index (χ0v) is 12.3. The largest absolute Gasteiger partial charge is 0.481 e. The lowest BCUT2D eigenvalue weighted by Gasteiger charge is -2.16. The second-order valence-electron chi connectivity index (χ2n) is 4.95. The van der Waals surface area contributed by atoms with Gasteiger partial charge in [0.15, 0.2) is 9.84 Å². The van der Waals surface area contributed by atoms with Gasteiger partial charge in [-0.1, -0.05) is 24.3 Å². The van der Waals surface area contributed by atoms with E-state index >= 15 is 0 Å². The zero-order valence-electron chi connectivity index (χ0n) is 11.5. The molecule has 0 saturated carbocycles. The number of carboxylic acid groups (broad SMARTS) is 1. The molecule has 0 aliphatic rings. The first-order valence-electron chi connectivity index (χ1n) is 6.25. The molecule has 1 rings (SSSR count). The van der Waals surface area contributed by atoms with E-state index in [0.717, 1.165) is 5.56 Å². The van der Waals surface area contributed by atoms with E-state index < -0.39 is 27.0 Å². The van der Waals surface area contributed by atoms with Crippen LogP contribution in [0.25, 0.3) is 0 Å². The Morgan fingerprint density at radius 2 is 1.84 bits per heavy atom. The minimum atomic E-state index is -3.21. The Morgan fingerprint density at radius 3 is 2.32 bits per heavy atom. The van der Waals surface area contributed by atoms with Crippen LogP contribution in [0.3, 0.4) is 0 Å². The van der Waals surface area contributed by atoms with Crippen molar-refractivity contribution < 1.29 is 18.3 Å². The molecule has 1 atom stereocenters. The molecule has 106 valence electrons. The highest BCUT2D eigenvalue weighted by molar-refractivity contribution is 7.91. The molecule has 0 radical (unpaired) electrons. The van der Waals surface area contributed by atoms with Crippen LogP contribution < -0.4 is 0 Å². The van der Waals surface area contributed by atoms with Crippen LogP contribution in [0.1, 0.15) is 37.3 Å². The van der Waals surface area contributed by atoms with E-state index in [0.29, 0.717) is 5.56 Å². The van der Waals surface area contributed by atoms with E-state index in [2.05, 4.69) is 0 Å². The summed E-state index contributed by atoms with van der Waals surface area (Å²) in [5.74, 6) is -1.85. The molecule has 1 N–H and O–H groups in total. The van der Waals surface area contributed by atoms with E-state index in [4.69, 9.17) is 0 Å². The molecule has 0 heterocycles. The molecule has 0 aliphatic heterocycles. The molecular weight excluding hydrogens is 264 g/mol. The first kappa shape index (κ1) is 15.7. The molecule has 1 unspecified atom stereocenters. The molecule has 1 aromatic rings. The van der Waals surface area contributed by atoms with E-state index in [-0.39, 0.29) is 12.2 Å². The SMILES string of the molecule is Cc1ccccc1C(CCS(=O)(=O)C(C)C)C(=O)O. The molecule has 4 nitrogen and oxygen atoms in total. The lowest BCUT2D eigenvalue weighted by atomic mass is 9.93. The second-order valence-corrected chi connectivity index (χ2v) is 7.63. The number of carboxylic acids is 1. The number of benzene rings is 1. The predicted molar refractivity (Wildman–Crippen MR) is 75.1 cm³/mol. The third-order valence-electron chi connectivity index (χ3n) is 3.27. The van der Waals surface area contributed by atoms with Gasteiger partial charge in [0.25, 0.3) is 0 Å². The number of aliphatic carboxylic acids is 1. The molecule has 0 fully saturated rings. The fourth-order valence-corrected chi connectivity index (χ4v) is 2.94. The lowest BCUT2D eigenvalue weighted by molar-refractivity contribution is -0.138. The van der Waals surface area contributed by atoms with Crippen molar-refractivity contribution in [2.75, 3.05) is 5.75 Å². The number of rotatable bonds is 6. The Bertz CT molecular complexity index is 546. The maximum Gasteiger partial charge on any atom is 0.311 e. The van der Waals surface area contributed by atoms with Crippen LogP contribution in [0.5, 0.6) is 0 Å². The summed E-state index contributed by atoms with van der Waals surface area (Å²) in [7, 11) is -3.21. The summed E-state index contributed by atoms with van der Waals surface area (Å²) in [5.41, 5.74) is 1.56. The maximum atomic E-state index is 11.8. The summed E-state index contributed by atoms with van der Waals surface area (Å²) in [4.78, 5) is 11.3. The highest BCUT2D eigenvalue weighted by Gasteiger charge is 2.25. The minimum Gasteiger partial charge on any atom is -0.481 e. The summed E-state index contributed by atoms with van der Waals surface area (Å²) in [6.07, 6.45) is 0.112. The Kier molecular flexibility index (Phi) is 5.11. The van der Waals surface area contributed by atoms with Gasteiger partial charge in [0, 0.05) is 0 Å². The van der Waals surface area contributed by atoms with Crippen molar-refractivity contribution in [1.82, 2.24) is 0 Å². The average molecular weight is 284 g/mol. The van der Waals surface area contributed by atoms with Crippen LogP contribution in [0.15, 0.2) is 24.3 Å². The molecule has 5 heteroatoms. The van der Waals surface area contributed by atoms with Gasteiger partial charge in [-0.05, 0) is 38.3 Å². The summed E-state index contributed by atoms with van der Waals surface area (Å²) in [5, 5.41) is 8.82. The van der Waals surface area contributed by atoms with Gasteiger partial charge >= 0.3 is 5.97 Å². The van der Waals surface area contributed by atoms with E-state index in [1.807, 2.05) is 19.1 Å². The van der Waals surface area contributed by atoms with Gasteiger partial charge in [-0.3, -0.25) is 4.79 Å². The number of aryl methyl sites for hydroxylation is 1. The van der Waals surface area contributed by atoms with Crippen LogP contribution >= 0.6 is 0 Å². The van der Waals surface area contributed by atoms with Gasteiger partial charge in [0.1, 0.15) is 0 Å². The molecule has 0 aliphatic carbocycles. The Morgan fingerprint density at radius 1 is 1.26 bits per heavy atom. The van der Waals surface area contributed by atoms with Crippen LogP contribution in [-0.4, -0.2) is 30.5 Å². The van der Waals surface area contributed by atoms with Crippen molar-refractivity contribution in [2.24, 2.45) is 0 Å². The van der Waals surface area contributed by atoms with E-state index in [1.54, 1.807) is 26.0 Å². The van der Waals surface area contributed by atoms with Crippen molar-refractivity contribution in [3.63, 3.8) is 0 Å². The number of hydrogen-bond acceptors (Lipinski definition) is 3. The average Bonchev–Trinajstić information content (AvgIpc) is 2.30. The number of sulfone groups is 1. The zero-order chi connectivity index (χ0) is 14.6. The lowest BCUT2D eigenvalue weighted by Crippen LogP contribution is -2.22. The Hall–Kier alpha value is -1.36. The van der Waals surface area contributed by atoms with Gasteiger partial charge < -0.3 is 5.11 Å². The fraction of sp³-hybridized carbons (Fsp3) is 0.500. The standard InChI is InChI=1S/C14H20O4S/c1-10(2)19(17,18)9-8-13(14(15)16)12-7-5-4-6-11(12)3/h4-7,10,13H,8-9H2,1-3H3,(H,15,16). The van der Waals surface area contributed by atoms with Gasteiger partial charge in [-0.2, -0.15) is 0 Å². The van der Waals surface area contributed by atoms with E-state index in [9.17, 15) is 18.3 Å². The van der Waals surface area contributed by atoms with Crippen molar-refractivity contribution >= 4 is 15.8 Å². The highest BCUT2D eigenvalue weighted by Crippen LogP contribution is 2.24. The highest BCUT2D eigenvalue weighted by atomic mass is 32.2. The topological polar surface area (TPSA) is 71.4 Å². The minimum absolute atomic E-state index is 0.101. The normalized spacial score (nSPS) is 13.5. The summed E-state index contributed by atoms with van der Waals surface area (Å²) in [6, 6.07) is 7.19. The molecular formula is C14H20O4S. The fourth-order valence-electron chi connectivity index (χ4n) is 1.91. The first-order chi connectivity index (χ1) is 8.75. The quantitative estimate of drug-likeness (QED) is 0.870. The summed E-state index contributed by atoms with van der Waals surface area (Å²) < 4.78 is 23.6. The second kappa shape index (κ2) is 6.19. The third-order valence-corrected chi connectivity index (χ3v) is 5.51. The molecule has 0 amide bonds. The molecule has 0 spiro atoms. The Labute approximate surface area is 114 Å². The van der Waals surface area contributed by atoms with Crippen molar-refractivity contribution in [3.05, 3.63) is 35.4 Å². The van der Waals surface area contributed by atoms with Crippen LogP contribution in [-0.2, 0) is 14.6 Å². The van der Waals surface area contributed by atoms with Crippen molar-refractivity contribution in [3.8, 4) is 0 Å². The Balaban J connectivity index is 2.93. The van der Waals surface area contributed by atoms with Crippen LogP contribution in [0.2, 0.25) is 0 Å². The van der Waals surface area contributed by atoms with Gasteiger partial charge in [-0.25, -0.2) is 8.42 Å². The molecule has 1 aromatic carbocycles. The molecule has 0 saturated heterocycles. The van der Waals surface area contributed by atoms with Crippen LogP contribution in [0.4, 0.5) is 0 Å². The molecule has 0 aromatic heterocycles. The summed E-state index contributed by atoms with van der Waals surface area (Å²) >= 11 is 0. The third kappa shape index (κ3) is 4.06. The van der Waals surface area contributed by atoms with E-state index in [1.165, 1.54) is 0 Å². The predicted octanol–water partition coefficient (Wildman–Crippen LogP) is 2.38. The van der Waals surface area contributed by atoms with Crippen molar-refractivity contribution in [2.45, 2.75) is 38.4 Å².